The van der Waals surface area contributed by atoms with Crippen LogP contribution in [0.15, 0.2) is 41.4 Å². The van der Waals surface area contributed by atoms with Crippen molar-refractivity contribution in [3.63, 3.8) is 0 Å². The summed E-state index contributed by atoms with van der Waals surface area (Å²) in [5.41, 5.74) is 2.76. The van der Waals surface area contributed by atoms with E-state index in [0.717, 1.165) is 17.0 Å². The fourth-order valence-corrected chi connectivity index (χ4v) is 4.80. The van der Waals surface area contributed by atoms with Crippen molar-refractivity contribution in [3.8, 4) is 5.88 Å². The lowest BCUT2D eigenvalue weighted by Crippen LogP contribution is -2.52. The third-order valence-electron chi connectivity index (χ3n) is 5.86. The van der Waals surface area contributed by atoms with Crippen LogP contribution < -0.4 is 26.0 Å². The Bertz CT molecular complexity index is 1230. The smallest absolute Gasteiger partial charge is 0.241 e. The maximum atomic E-state index is 12.9. The summed E-state index contributed by atoms with van der Waals surface area (Å²) in [4.78, 5) is 38.8. The second-order valence-corrected chi connectivity index (χ2v) is 9.19. The van der Waals surface area contributed by atoms with Crippen LogP contribution in [0.4, 0.5) is 11.5 Å². The first-order valence-corrected chi connectivity index (χ1v) is 12.1. The molecule has 5 rings (SSSR count). The summed E-state index contributed by atoms with van der Waals surface area (Å²) >= 11 is 1.50. The molecule has 0 radical (unpaired) electrons. The molecule has 0 aromatic carbocycles. The van der Waals surface area contributed by atoms with Crippen LogP contribution in [0, 0.1) is 0 Å². The highest BCUT2D eigenvalue weighted by Gasteiger charge is 2.26. The number of anilines is 2. The number of aromatic nitrogens is 3. The van der Waals surface area contributed by atoms with Gasteiger partial charge >= 0.3 is 0 Å². The minimum Gasteiger partial charge on any atom is -0.481 e. The Morgan fingerprint density at radius 1 is 1.21 bits per heavy atom. The number of amides is 2. The first-order chi connectivity index (χ1) is 16.6. The molecule has 0 unspecified atom stereocenters. The van der Waals surface area contributed by atoms with Crippen molar-refractivity contribution in [2.75, 3.05) is 30.0 Å². The topological polar surface area (TPSA) is 130 Å². The summed E-state index contributed by atoms with van der Waals surface area (Å²) in [6.45, 7) is 1.26. The zero-order valence-electron chi connectivity index (χ0n) is 18.6. The maximum Gasteiger partial charge on any atom is 0.241 e. The van der Waals surface area contributed by atoms with Crippen LogP contribution >= 0.6 is 11.8 Å². The van der Waals surface area contributed by atoms with Crippen LogP contribution in [0.5, 0.6) is 5.88 Å². The Morgan fingerprint density at radius 2 is 2.12 bits per heavy atom. The lowest BCUT2D eigenvalue weighted by atomic mass is 10.00. The van der Waals surface area contributed by atoms with E-state index < -0.39 is 0 Å². The molecule has 2 atom stereocenters. The molecule has 4 N–H and O–H groups in total. The molecule has 11 heteroatoms. The lowest BCUT2D eigenvalue weighted by Gasteiger charge is -2.30. The maximum absolute atomic E-state index is 12.9. The number of hydrogen-bond donors (Lipinski definition) is 4. The van der Waals surface area contributed by atoms with Gasteiger partial charge in [0.25, 0.3) is 0 Å². The second kappa shape index (κ2) is 9.92. The molecule has 0 spiro atoms. The number of hydrogen-bond acceptors (Lipinski definition) is 9. The molecule has 3 aromatic rings. The van der Waals surface area contributed by atoms with Gasteiger partial charge in [0.15, 0.2) is 0 Å². The van der Waals surface area contributed by atoms with Crippen LogP contribution in [0.1, 0.15) is 18.5 Å². The molecule has 0 saturated carbocycles. The first kappa shape index (κ1) is 22.5. The van der Waals surface area contributed by atoms with Crippen LogP contribution in [-0.2, 0) is 16.1 Å². The van der Waals surface area contributed by atoms with Gasteiger partial charge in [-0.3, -0.25) is 14.6 Å². The third kappa shape index (κ3) is 4.96. The highest BCUT2D eigenvalue weighted by Crippen LogP contribution is 2.29. The Balaban J connectivity index is 1.14. The van der Waals surface area contributed by atoms with E-state index in [1.807, 2.05) is 18.2 Å². The summed E-state index contributed by atoms with van der Waals surface area (Å²) < 4.78 is 5.20. The fourth-order valence-electron chi connectivity index (χ4n) is 4.05. The van der Waals surface area contributed by atoms with Gasteiger partial charge in [0.2, 0.25) is 17.7 Å². The number of thioether (sulfide) groups is 1. The molecule has 1 fully saturated rings. The number of nitrogens with zero attached hydrogens (tertiary/aromatic N) is 3. The van der Waals surface area contributed by atoms with E-state index in [1.165, 1.54) is 11.8 Å². The van der Waals surface area contributed by atoms with Gasteiger partial charge in [0.05, 0.1) is 40.7 Å². The molecule has 2 aliphatic rings. The predicted octanol–water partition coefficient (Wildman–Crippen LogP) is 1.93. The first-order valence-electron chi connectivity index (χ1n) is 11.1. The van der Waals surface area contributed by atoms with Crippen LogP contribution in [0.3, 0.4) is 0 Å². The molecular formula is C23H25N7O3S. The van der Waals surface area contributed by atoms with Crippen molar-refractivity contribution < 1.29 is 14.3 Å². The third-order valence-corrected chi connectivity index (χ3v) is 6.91. The van der Waals surface area contributed by atoms with E-state index in [2.05, 4.69) is 36.2 Å². The van der Waals surface area contributed by atoms with Gasteiger partial charge in [-0.05, 0) is 37.1 Å². The molecule has 2 amide bonds. The summed E-state index contributed by atoms with van der Waals surface area (Å²) in [5, 5.41) is 12.6. The number of nitrogens with one attached hydrogen (secondary N) is 4. The minimum atomic E-state index is -0.291. The van der Waals surface area contributed by atoms with Gasteiger partial charge in [-0.2, -0.15) is 0 Å². The normalized spacial score (nSPS) is 19.9. The van der Waals surface area contributed by atoms with E-state index >= 15 is 0 Å². The number of rotatable bonds is 6. The molecule has 1 saturated heterocycles. The van der Waals surface area contributed by atoms with Crippen molar-refractivity contribution in [3.05, 3.63) is 42.2 Å². The highest BCUT2D eigenvalue weighted by atomic mass is 32.2. The van der Waals surface area contributed by atoms with Crippen molar-refractivity contribution in [1.82, 2.24) is 25.6 Å². The number of pyridine rings is 3. The largest absolute Gasteiger partial charge is 0.481 e. The number of carbonyl (C=O) groups is 2. The number of fused-ring (bicyclic) bond motifs is 2. The van der Waals surface area contributed by atoms with E-state index in [0.29, 0.717) is 53.7 Å². The van der Waals surface area contributed by atoms with Crippen LogP contribution in [-0.4, -0.2) is 58.3 Å². The zero-order chi connectivity index (χ0) is 23.5. The number of ether oxygens (including phenoxy) is 1. The number of carbonyl (C=O) groups excluding carboxylic acids is 2. The quantitative estimate of drug-likeness (QED) is 0.419. The molecule has 2 aliphatic heterocycles. The Morgan fingerprint density at radius 3 is 2.94 bits per heavy atom. The second-order valence-electron chi connectivity index (χ2n) is 8.17. The lowest BCUT2D eigenvalue weighted by molar-refractivity contribution is -0.118. The Labute approximate surface area is 200 Å². The van der Waals surface area contributed by atoms with Crippen LogP contribution in [0.2, 0.25) is 0 Å². The number of piperidine rings is 1. The SMILES string of the molecule is COc1ccc2nccc(NC(=O)[C@H]3CC[C@H](NCc4ccc5c(n4)NC(=O)CS5)CN3)c2n1. The van der Waals surface area contributed by atoms with E-state index in [1.54, 1.807) is 25.4 Å². The van der Waals surface area contributed by atoms with Gasteiger partial charge in [0, 0.05) is 31.4 Å². The summed E-state index contributed by atoms with van der Waals surface area (Å²) in [6, 6.07) is 9.20. The van der Waals surface area contributed by atoms with E-state index in [4.69, 9.17) is 4.74 Å². The monoisotopic (exact) mass is 479 g/mol. The molecule has 5 heterocycles. The van der Waals surface area contributed by atoms with Gasteiger partial charge in [-0.15, -0.1) is 11.8 Å². The average molecular weight is 480 g/mol. The van der Waals surface area contributed by atoms with Crippen molar-refractivity contribution in [2.24, 2.45) is 0 Å². The fraction of sp³-hybridized carbons (Fsp3) is 0.348. The van der Waals surface area contributed by atoms with E-state index in [9.17, 15) is 9.59 Å². The Kier molecular flexibility index (Phi) is 6.57. The van der Waals surface area contributed by atoms with Crippen LogP contribution in [0.25, 0.3) is 11.0 Å². The van der Waals surface area contributed by atoms with Crippen molar-refractivity contribution in [2.45, 2.75) is 36.4 Å². The van der Waals surface area contributed by atoms with Crippen molar-refractivity contribution >= 4 is 46.1 Å². The molecule has 0 aliphatic carbocycles. The number of methoxy groups -OCH3 is 1. The molecule has 0 bridgehead atoms. The van der Waals surface area contributed by atoms with Gasteiger partial charge in [0.1, 0.15) is 11.3 Å². The summed E-state index contributed by atoms with van der Waals surface area (Å²) in [6.07, 6.45) is 3.21. The molecule has 176 valence electrons. The molecule has 3 aromatic heterocycles. The highest BCUT2D eigenvalue weighted by molar-refractivity contribution is 8.00. The molecule has 34 heavy (non-hydrogen) atoms. The minimum absolute atomic E-state index is 0.0226. The average Bonchev–Trinajstić information content (AvgIpc) is 2.87. The van der Waals surface area contributed by atoms with Gasteiger partial charge < -0.3 is 26.0 Å². The zero-order valence-corrected chi connectivity index (χ0v) is 19.4. The molecular weight excluding hydrogens is 454 g/mol. The standard InChI is InChI=1S/C23H25N7O3S/c1-33-20-7-5-15-21(30-20)16(8-9-24-15)28-23(32)17-4-2-13(10-26-17)25-11-14-3-6-18-22(27-14)29-19(31)12-34-18/h3,5-9,13,17,25-26H,2,4,10-12H2,1H3,(H,24,28,32)(H,27,29,31)/t13-,17+/m0/s1. The summed E-state index contributed by atoms with van der Waals surface area (Å²) in [5.74, 6) is 1.41. The Hall–Kier alpha value is -3.28. The summed E-state index contributed by atoms with van der Waals surface area (Å²) in [7, 11) is 1.55. The van der Waals surface area contributed by atoms with E-state index in [-0.39, 0.29) is 23.9 Å². The van der Waals surface area contributed by atoms with Gasteiger partial charge in [-0.25, -0.2) is 9.97 Å². The van der Waals surface area contributed by atoms with Crippen molar-refractivity contribution in [1.29, 1.82) is 0 Å². The predicted molar refractivity (Wildman–Crippen MR) is 130 cm³/mol. The molecule has 10 nitrogen and oxygen atoms in total. The van der Waals surface area contributed by atoms with Gasteiger partial charge in [-0.1, -0.05) is 0 Å².